The van der Waals surface area contributed by atoms with Gasteiger partial charge in [-0.1, -0.05) is 18.2 Å². The van der Waals surface area contributed by atoms with Crippen molar-refractivity contribution in [2.75, 3.05) is 25.9 Å². The van der Waals surface area contributed by atoms with E-state index in [0.29, 0.717) is 13.1 Å². The van der Waals surface area contributed by atoms with E-state index >= 15 is 0 Å². The van der Waals surface area contributed by atoms with Gasteiger partial charge < -0.3 is 15.4 Å². The maximum absolute atomic E-state index is 12.5. The molecule has 1 aliphatic heterocycles. The number of benzene rings is 1. The topological polar surface area (TPSA) is 84.5 Å². The van der Waals surface area contributed by atoms with Gasteiger partial charge in [-0.2, -0.15) is 0 Å². The Bertz CT molecular complexity index is 744. The number of sulfone groups is 1. The number of halogens is 3. The highest BCUT2D eigenvalue weighted by atomic mass is 32.2. The molecule has 0 aromatic heterocycles. The molecule has 146 valence electrons. The number of piperidine rings is 1. The Hall–Kier alpha value is -1.81. The Balaban J connectivity index is 2.04. The Morgan fingerprint density at radius 2 is 1.88 bits per heavy atom. The molecule has 1 aromatic carbocycles. The summed E-state index contributed by atoms with van der Waals surface area (Å²) in [7, 11) is -3.64. The number of nitrogens with one attached hydrogen (secondary N) is 2. The molecular weight excluding hydrogens is 373 g/mol. The van der Waals surface area contributed by atoms with Gasteiger partial charge in [0.25, 0.3) is 0 Å². The Morgan fingerprint density at radius 1 is 1.27 bits per heavy atom. The van der Waals surface area contributed by atoms with Crippen molar-refractivity contribution in [3.63, 3.8) is 0 Å². The molecule has 0 radical (unpaired) electrons. The average molecular weight is 394 g/mol. The highest BCUT2D eigenvalue weighted by Gasteiger charge is 2.48. The van der Waals surface area contributed by atoms with E-state index in [-0.39, 0.29) is 37.1 Å². The van der Waals surface area contributed by atoms with E-state index in [1.807, 2.05) is 0 Å². The van der Waals surface area contributed by atoms with Crippen LogP contribution in [0.15, 0.2) is 24.3 Å². The third kappa shape index (κ3) is 4.88. The van der Waals surface area contributed by atoms with Gasteiger partial charge in [-0.15, -0.1) is 13.2 Å². The standard InChI is InChI=1S/C16H21F3N2O4S/c1-26(23,24)15(7-10-20-11-8-15)14(22)21-9-6-12-4-2-3-5-13(12)25-16(17,18)19/h2-5,20H,6-11H2,1H3,(H,21,22). The summed E-state index contributed by atoms with van der Waals surface area (Å²) in [5.74, 6) is -0.954. The molecule has 1 heterocycles. The molecule has 1 saturated heterocycles. The summed E-state index contributed by atoms with van der Waals surface area (Å²) in [4.78, 5) is 12.5. The molecule has 0 atom stereocenters. The first-order valence-electron chi connectivity index (χ1n) is 8.07. The van der Waals surface area contributed by atoms with Crippen LogP contribution in [0.4, 0.5) is 13.2 Å². The lowest BCUT2D eigenvalue weighted by molar-refractivity contribution is -0.274. The number of rotatable bonds is 6. The Labute approximate surface area is 150 Å². The fourth-order valence-electron chi connectivity index (χ4n) is 3.00. The molecule has 0 unspecified atom stereocenters. The molecule has 2 N–H and O–H groups in total. The van der Waals surface area contributed by atoms with E-state index in [1.54, 1.807) is 6.07 Å². The van der Waals surface area contributed by atoms with Gasteiger partial charge in [0.15, 0.2) is 14.6 Å². The van der Waals surface area contributed by atoms with Crippen LogP contribution in [-0.2, 0) is 21.1 Å². The number of hydrogen-bond donors (Lipinski definition) is 2. The van der Waals surface area contributed by atoms with Crippen molar-refractivity contribution >= 4 is 15.7 Å². The Morgan fingerprint density at radius 3 is 2.46 bits per heavy atom. The van der Waals surface area contributed by atoms with Crippen LogP contribution in [0.25, 0.3) is 0 Å². The minimum Gasteiger partial charge on any atom is -0.406 e. The third-order valence-corrected chi connectivity index (χ3v) is 6.43. The summed E-state index contributed by atoms with van der Waals surface area (Å²) < 4.78 is 64.1. The van der Waals surface area contributed by atoms with Crippen molar-refractivity contribution in [2.24, 2.45) is 0 Å². The number of para-hydroxylation sites is 1. The lowest BCUT2D eigenvalue weighted by atomic mass is 9.95. The first kappa shape index (κ1) is 20.5. The second kappa shape index (κ2) is 7.83. The molecule has 0 saturated carbocycles. The predicted molar refractivity (Wildman–Crippen MR) is 89.5 cm³/mol. The van der Waals surface area contributed by atoms with Crippen LogP contribution < -0.4 is 15.4 Å². The molecular formula is C16H21F3N2O4S. The van der Waals surface area contributed by atoms with Crippen LogP contribution in [0.3, 0.4) is 0 Å². The number of alkyl halides is 3. The first-order valence-corrected chi connectivity index (χ1v) is 9.97. The predicted octanol–water partition coefficient (Wildman–Crippen LogP) is 1.41. The lowest BCUT2D eigenvalue weighted by Gasteiger charge is -2.34. The van der Waals surface area contributed by atoms with Crippen LogP contribution in [0, 0.1) is 0 Å². The van der Waals surface area contributed by atoms with Crippen molar-refractivity contribution < 1.29 is 31.1 Å². The summed E-state index contributed by atoms with van der Waals surface area (Å²) in [5.41, 5.74) is 0.267. The van der Waals surface area contributed by atoms with E-state index in [0.717, 1.165) is 6.26 Å². The molecule has 2 rings (SSSR count). The van der Waals surface area contributed by atoms with Gasteiger partial charge in [-0.05, 0) is 44.0 Å². The highest BCUT2D eigenvalue weighted by molar-refractivity contribution is 7.92. The number of ether oxygens (including phenoxy) is 1. The number of amides is 1. The molecule has 1 aromatic rings. The van der Waals surface area contributed by atoms with E-state index in [2.05, 4.69) is 15.4 Å². The summed E-state index contributed by atoms with van der Waals surface area (Å²) >= 11 is 0. The Kier molecular flexibility index (Phi) is 6.17. The third-order valence-electron chi connectivity index (χ3n) is 4.41. The lowest BCUT2D eigenvalue weighted by Crippen LogP contribution is -2.57. The smallest absolute Gasteiger partial charge is 0.406 e. The summed E-state index contributed by atoms with van der Waals surface area (Å²) in [5, 5.41) is 5.57. The van der Waals surface area contributed by atoms with E-state index in [1.165, 1.54) is 18.2 Å². The van der Waals surface area contributed by atoms with E-state index in [4.69, 9.17) is 0 Å². The van der Waals surface area contributed by atoms with Crippen molar-refractivity contribution in [3.8, 4) is 5.75 Å². The zero-order valence-corrected chi connectivity index (χ0v) is 15.0. The van der Waals surface area contributed by atoms with Crippen molar-refractivity contribution in [1.82, 2.24) is 10.6 Å². The zero-order valence-electron chi connectivity index (χ0n) is 14.2. The van der Waals surface area contributed by atoms with Gasteiger partial charge >= 0.3 is 6.36 Å². The van der Waals surface area contributed by atoms with Crippen LogP contribution in [0.5, 0.6) is 5.75 Å². The molecule has 1 fully saturated rings. The minimum absolute atomic E-state index is 0.00175. The van der Waals surface area contributed by atoms with E-state index < -0.39 is 26.9 Å². The first-order chi connectivity index (χ1) is 12.1. The maximum atomic E-state index is 12.5. The minimum atomic E-state index is -4.81. The van der Waals surface area contributed by atoms with Gasteiger partial charge in [0.2, 0.25) is 5.91 Å². The zero-order chi connectivity index (χ0) is 19.4. The van der Waals surface area contributed by atoms with Crippen LogP contribution in [0.2, 0.25) is 0 Å². The quantitative estimate of drug-likeness (QED) is 0.762. The second-order valence-electron chi connectivity index (χ2n) is 6.18. The molecule has 1 aliphatic rings. The largest absolute Gasteiger partial charge is 0.573 e. The highest BCUT2D eigenvalue weighted by Crippen LogP contribution is 2.29. The van der Waals surface area contributed by atoms with Crippen molar-refractivity contribution in [3.05, 3.63) is 29.8 Å². The summed E-state index contributed by atoms with van der Waals surface area (Å²) in [6.07, 6.45) is -3.38. The van der Waals surface area contributed by atoms with Gasteiger partial charge in [-0.3, -0.25) is 4.79 Å². The van der Waals surface area contributed by atoms with Gasteiger partial charge in [0.1, 0.15) is 5.75 Å². The normalized spacial score (nSPS) is 17.5. The molecule has 0 spiro atoms. The van der Waals surface area contributed by atoms with Gasteiger partial charge in [0.05, 0.1) is 0 Å². The fraction of sp³-hybridized carbons (Fsp3) is 0.562. The monoisotopic (exact) mass is 394 g/mol. The molecule has 10 heteroatoms. The molecule has 0 aliphatic carbocycles. The van der Waals surface area contributed by atoms with Gasteiger partial charge in [0, 0.05) is 12.8 Å². The second-order valence-corrected chi connectivity index (χ2v) is 8.50. The van der Waals surface area contributed by atoms with Crippen LogP contribution >= 0.6 is 0 Å². The average Bonchev–Trinajstić information content (AvgIpc) is 2.54. The maximum Gasteiger partial charge on any atom is 0.573 e. The molecule has 26 heavy (non-hydrogen) atoms. The van der Waals surface area contributed by atoms with Crippen LogP contribution in [-0.4, -0.2) is 51.3 Å². The van der Waals surface area contributed by atoms with Gasteiger partial charge in [-0.25, -0.2) is 8.42 Å². The number of carbonyl (C=O) groups excluding carboxylic acids is 1. The van der Waals surface area contributed by atoms with Crippen LogP contribution in [0.1, 0.15) is 18.4 Å². The van der Waals surface area contributed by atoms with E-state index in [9.17, 15) is 26.4 Å². The fourth-order valence-corrected chi connectivity index (χ4v) is 4.36. The molecule has 1 amide bonds. The molecule has 0 bridgehead atoms. The van der Waals surface area contributed by atoms with Crippen molar-refractivity contribution in [1.29, 1.82) is 0 Å². The summed E-state index contributed by atoms with van der Waals surface area (Å²) in [6.45, 7) is 0.813. The number of hydrogen-bond acceptors (Lipinski definition) is 5. The SMILES string of the molecule is CS(=O)(=O)C1(C(=O)NCCc2ccccc2OC(F)(F)F)CCNCC1. The number of carbonyl (C=O) groups is 1. The van der Waals surface area contributed by atoms with Crippen molar-refractivity contribution in [2.45, 2.75) is 30.4 Å². The summed E-state index contributed by atoms with van der Waals surface area (Å²) in [6, 6.07) is 5.63. The molecule has 6 nitrogen and oxygen atoms in total.